The maximum atomic E-state index is 14.0. The maximum absolute atomic E-state index is 14.0. The Kier molecular flexibility index (Phi) is 2.85. The topological polar surface area (TPSA) is 35.6 Å². The van der Waals surface area contributed by atoms with Gasteiger partial charge in [-0.2, -0.15) is 0 Å². The van der Waals surface area contributed by atoms with Crippen LogP contribution in [0.1, 0.15) is 0 Å². The molecule has 6 heteroatoms. The third kappa shape index (κ3) is 1.89. The summed E-state index contributed by atoms with van der Waals surface area (Å²) < 4.78 is 31.3. The van der Waals surface area contributed by atoms with Gasteiger partial charge in [0.25, 0.3) is 0 Å². The van der Waals surface area contributed by atoms with Crippen molar-refractivity contribution in [2.75, 3.05) is 0 Å². The van der Waals surface area contributed by atoms with Crippen molar-refractivity contribution in [3.63, 3.8) is 0 Å². The zero-order valence-corrected chi connectivity index (χ0v) is 11.0. The smallest absolute Gasteiger partial charge is 0.142 e. The fraction of sp³-hybridized carbons (Fsp3) is 0.143. The summed E-state index contributed by atoms with van der Waals surface area (Å²) in [6.07, 6.45) is 6.55. The molecule has 2 aromatic heterocycles. The van der Waals surface area contributed by atoms with Gasteiger partial charge in [-0.15, -0.1) is 0 Å². The Morgan fingerprint density at radius 3 is 1.60 bits per heavy atom. The monoisotopic (exact) mass is 274 g/mol. The first-order valence-electron chi connectivity index (χ1n) is 6.02. The molecule has 102 valence electrons. The fourth-order valence-corrected chi connectivity index (χ4v) is 2.14. The average molecular weight is 274 g/mol. The number of imidazole rings is 2. The highest BCUT2D eigenvalue weighted by Crippen LogP contribution is 2.29. The van der Waals surface area contributed by atoms with Gasteiger partial charge in [0.05, 0.1) is 11.1 Å². The van der Waals surface area contributed by atoms with Crippen LogP contribution < -0.4 is 0 Å². The van der Waals surface area contributed by atoms with Crippen LogP contribution in [0.3, 0.4) is 0 Å². The molecule has 0 bridgehead atoms. The van der Waals surface area contributed by atoms with Crippen molar-refractivity contribution in [1.29, 1.82) is 0 Å². The van der Waals surface area contributed by atoms with Crippen LogP contribution in [0.15, 0.2) is 36.9 Å². The Labute approximate surface area is 114 Å². The van der Waals surface area contributed by atoms with Gasteiger partial charge in [-0.25, -0.2) is 18.7 Å². The molecule has 0 aliphatic rings. The van der Waals surface area contributed by atoms with Crippen molar-refractivity contribution in [2.24, 2.45) is 14.1 Å². The van der Waals surface area contributed by atoms with Crippen LogP contribution in [0.2, 0.25) is 0 Å². The summed E-state index contributed by atoms with van der Waals surface area (Å²) in [7, 11) is 3.51. The minimum Gasteiger partial charge on any atom is -0.334 e. The van der Waals surface area contributed by atoms with Gasteiger partial charge in [0.1, 0.15) is 23.3 Å². The van der Waals surface area contributed by atoms with Gasteiger partial charge < -0.3 is 9.13 Å². The highest BCUT2D eigenvalue weighted by molar-refractivity contribution is 5.67. The zero-order valence-electron chi connectivity index (χ0n) is 11.0. The highest BCUT2D eigenvalue weighted by atomic mass is 19.1. The van der Waals surface area contributed by atoms with Crippen LogP contribution in [0.4, 0.5) is 8.78 Å². The van der Waals surface area contributed by atoms with E-state index in [1.807, 2.05) is 0 Å². The third-order valence-electron chi connectivity index (χ3n) is 3.18. The molecule has 3 aromatic rings. The second-order valence-corrected chi connectivity index (χ2v) is 4.54. The highest BCUT2D eigenvalue weighted by Gasteiger charge is 2.17. The van der Waals surface area contributed by atoms with E-state index in [2.05, 4.69) is 9.97 Å². The maximum Gasteiger partial charge on any atom is 0.142 e. The summed E-state index contributed by atoms with van der Waals surface area (Å²) >= 11 is 0. The van der Waals surface area contributed by atoms with E-state index in [0.29, 0.717) is 11.6 Å². The number of aromatic nitrogens is 4. The van der Waals surface area contributed by atoms with E-state index in [4.69, 9.17) is 0 Å². The quantitative estimate of drug-likeness (QED) is 0.720. The molecule has 0 saturated heterocycles. The predicted octanol–water partition coefficient (Wildman–Crippen LogP) is 2.77. The average Bonchev–Trinajstić information content (AvgIpc) is 2.99. The molecule has 1 aromatic carbocycles. The van der Waals surface area contributed by atoms with Crippen LogP contribution >= 0.6 is 0 Å². The van der Waals surface area contributed by atoms with E-state index in [9.17, 15) is 8.78 Å². The van der Waals surface area contributed by atoms with Gasteiger partial charge in [0.15, 0.2) is 0 Å². The molecule has 4 nitrogen and oxygen atoms in total. The van der Waals surface area contributed by atoms with Gasteiger partial charge >= 0.3 is 0 Å². The number of benzene rings is 1. The van der Waals surface area contributed by atoms with Crippen molar-refractivity contribution in [1.82, 2.24) is 19.1 Å². The molecule has 0 N–H and O–H groups in total. The fourth-order valence-electron chi connectivity index (χ4n) is 2.14. The van der Waals surface area contributed by atoms with Crippen molar-refractivity contribution < 1.29 is 8.78 Å². The van der Waals surface area contributed by atoms with E-state index in [-0.39, 0.29) is 11.1 Å². The van der Waals surface area contributed by atoms with Crippen molar-refractivity contribution in [3.05, 3.63) is 48.6 Å². The number of hydrogen-bond donors (Lipinski definition) is 0. The van der Waals surface area contributed by atoms with Crippen molar-refractivity contribution in [2.45, 2.75) is 0 Å². The largest absolute Gasteiger partial charge is 0.334 e. The van der Waals surface area contributed by atoms with Crippen molar-refractivity contribution in [3.8, 4) is 22.8 Å². The molecule has 20 heavy (non-hydrogen) atoms. The van der Waals surface area contributed by atoms with Gasteiger partial charge in [-0.3, -0.25) is 0 Å². The Bertz CT molecular complexity index is 712. The lowest BCUT2D eigenvalue weighted by Gasteiger charge is -2.08. The number of rotatable bonds is 2. The normalized spacial score (nSPS) is 11.0. The van der Waals surface area contributed by atoms with E-state index in [1.54, 1.807) is 48.0 Å². The SMILES string of the molecule is Cn1ccnc1-c1cc(-c2nccn2C)c(F)cc1F. The molecule has 0 saturated carbocycles. The molecule has 0 radical (unpaired) electrons. The first kappa shape index (κ1) is 12.5. The number of halogens is 2. The number of nitrogens with zero attached hydrogens (tertiary/aromatic N) is 4. The molecule has 0 unspecified atom stereocenters. The Balaban J connectivity index is 2.24. The Hall–Kier alpha value is -2.50. The molecule has 0 atom stereocenters. The predicted molar refractivity (Wildman–Crippen MR) is 70.8 cm³/mol. The summed E-state index contributed by atoms with van der Waals surface area (Å²) in [5.74, 6) is -0.402. The molecular weight excluding hydrogens is 262 g/mol. The zero-order chi connectivity index (χ0) is 14.3. The molecular formula is C14H12F2N4. The lowest BCUT2D eigenvalue weighted by Crippen LogP contribution is -1.99. The lowest BCUT2D eigenvalue weighted by atomic mass is 10.1. The second kappa shape index (κ2) is 4.56. The third-order valence-corrected chi connectivity index (χ3v) is 3.18. The van der Waals surface area contributed by atoms with E-state index >= 15 is 0 Å². The van der Waals surface area contributed by atoms with Crippen LogP contribution in [-0.4, -0.2) is 19.1 Å². The van der Waals surface area contributed by atoms with Crippen molar-refractivity contribution >= 4 is 0 Å². The molecule has 3 rings (SSSR count). The van der Waals surface area contributed by atoms with Crippen LogP contribution in [0, 0.1) is 11.6 Å². The van der Waals surface area contributed by atoms with Crippen LogP contribution in [0.5, 0.6) is 0 Å². The summed E-state index contributed by atoms with van der Waals surface area (Å²) in [5.41, 5.74) is 0.494. The molecule has 0 aliphatic heterocycles. The minimum absolute atomic E-state index is 0.247. The molecule has 0 spiro atoms. The lowest BCUT2D eigenvalue weighted by molar-refractivity contribution is 0.585. The van der Waals surface area contributed by atoms with Gasteiger partial charge in [0.2, 0.25) is 0 Å². The molecule has 0 fully saturated rings. The van der Waals surface area contributed by atoms with Gasteiger partial charge in [-0.1, -0.05) is 0 Å². The van der Waals surface area contributed by atoms with E-state index in [0.717, 1.165) is 6.07 Å². The van der Waals surface area contributed by atoms with E-state index < -0.39 is 11.6 Å². The number of aryl methyl sites for hydroxylation is 2. The minimum atomic E-state index is -0.644. The van der Waals surface area contributed by atoms with Gasteiger partial charge in [-0.05, 0) is 6.07 Å². The summed E-state index contributed by atoms with van der Waals surface area (Å²) in [4.78, 5) is 8.19. The molecule has 0 aliphatic carbocycles. The Morgan fingerprint density at radius 2 is 1.25 bits per heavy atom. The molecule has 2 heterocycles. The first-order chi connectivity index (χ1) is 9.58. The van der Waals surface area contributed by atoms with Crippen LogP contribution in [-0.2, 0) is 14.1 Å². The first-order valence-corrected chi connectivity index (χ1v) is 6.02. The van der Waals surface area contributed by atoms with E-state index in [1.165, 1.54) is 6.07 Å². The Morgan fingerprint density at radius 1 is 0.800 bits per heavy atom. The summed E-state index contributed by atoms with van der Waals surface area (Å²) in [6, 6.07) is 2.31. The standard InChI is InChI=1S/C14H12F2N4/c1-19-5-3-17-13(19)9-7-10(12(16)8-11(9)15)14-18-4-6-20(14)2/h3-8H,1-2H3. The van der Waals surface area contributed by atoms with Gasteiger partial charge in [0, 0.05) is 44.9 Å². The van der Waals surface area contributed by atoms with Crippen LogP contribution in [0.25, 0.3) is 22.8 Å². The number of hydrogen-bond acceptors (Lipinski definition) is 2. The molecule has 0 amide bonds. The summed E-state index contributed by atoms with van der Waals surface area (Å²) in [6.45, 7) is 0. The second-order valence-electron chi connectivity index (χ2n) is 4.54. The summed E-state index contributed by atoms with van der Waals surface area (Å²) in [5, 5.41) is 0.